The fourth-order valence-corrected chi connectivity index (χ4v) is 2.32. The van der Waals surface area contributed by atoms with E-state index in [1.807, 2.05) is 0 Å². The molecule has 0 aromatic heterocycles. The van der Waals surface area contributed by atoms with Gasteiger partial charge in [-0.15, -0.1) is 0 Å². The van der Waals surface area contributed by atoms with Crippen LogP contribution in [0.1, 0.15) is 16.7 Å². The maximum absolute atomic E-state index is 12.8. The maximum atomic E-state index is 12.8. The van der Waals surface area contributed by atoms with E-state index in [2.05, 4.69) is 23.5 Å². The summed E-state index contributed by atoms with van der Waals surface area (Å²) in [5.41, 5.74) is 3.92. The van der Waals surface area contributed by atoms with Gasteiger partial charge in [0, 0.05) is 6.54 Å². The minimum atomic E-state index is -0.243. The van der Waals surface area contributed by atoms with Gasteiger partial charge >= 0.3 is 0 Å². The molecule has 1 heterocycles. The van der Waals surface area contributed by atoms with Gasteiger partial charge in [0.05, 0.1) is 0 Å². The zero-order valence-electron chi connectivity index (χ0n) is 10.7. The molecule has 0 spiro atoms. The van der Waals surface area contributed by atoms with Crippen molar-refractivity contribution in [3.05, 3.63) is 65.0 Å². The van der Waals surface area contributed by atoms with E-state index in [0.717, 1.165) is 25.1 Å². The van der Waals surface area contributed by atoms with Crippen molar-refractivity contribution in [2.24, 2.45) is 0 Å². The van der Waals surface area contributed by atoms with Crippen LogP contribution in [0.3, 0.4) is 0 Å². The van der Waals surface area contributed by atoms with Gasteiger partial charge in [0.1, 0.15) is 18.2 Å². The predicted molar refractivity (Wildman–Crippen MR) is 72.6 cm³/mol. The monoisotopic (exact) mass is 257 g/mol. The summed E-state index contributed by atoms with van der Waals surface area (Å²) in [4.78, 5) is 0. The van der Waals surface area contributed by atoms with Gasteiger partial charge in [-0.25, -0.2) is 4.39 Å². The van der Waals surface area contributed by atoms with Crippen molar-refractivity contribution < 1.29 is 9.13 Å². The van der Waals surface area contributed by atoms with Crippen molar-refractivity contribution in [3.63, 3.8) is 0 Å². The second-order valence-corrected chi connectivity index (χ2v) is 4.77. The highest BCUT2D eigenvalue weighted by Crippen LogP contribution is 2.18. The van der Waals surface area contributed by atoms with Crippen LogP contribution in [0.2, 0.25) is 0 Å². The van der Waals surface area contributed by atoms with Gasteiger partial charge in [0.15, 0.2) is 0 Å². The highest BCUT2D eigenvalue weighted by Gasteiger charge is 2.08. The lowest BCUT2D eigenvalue weighted by Gasteiger charge is -2.18. The Bertz CT molecular complexity index is 565. The first-order valence-electron chi connectivity index (χ1n) is 6.51. The number of ether oxygens (including phenoxy) is 1. The molecule has 3 heteroatoms. The van der Waals surface area contributed by atoms with Gasteiger partial charge in [-0.2, -0.15) is 0 Å². The Morgan fingerprint density at radius 3 is 2.74 bits per heavy atom. The number of fused-ring (bicyclic) bond motifs is 1. The Morgan fingerprint density at radius 2 is 1.89 bits per heavy atom. The Labute approximate surface area is 112 Å². The first-order chi connectivity index (χ1) is 9.31. The molecule has 0 unspecified atom stereocenters. The summed E-state index contributed by atoms with van der Waals surface area (Å²) in [6.07, 6.45) is 1.09. The van der Waals surface area contributed by atoms with Crippen molar-refractivity contribution in [2.75, 3.05) is 6.54 Å². The first-order valence-corrected chi connectivity index (χ1v) is 6.51. The van der Waals surface area contributed by atoms with Crippen LogP contribution in [0, 0.1) is 5.82 Å². The predicted octanol–water partition coefficient (Wildman–Crippen LogP) is 3.05. The molecule has 0 amide bonds. The maximum Gasteiger partial charge on any atom is 0.123 e. The van der Waals surface area contributed by atoms with Crippen LogP contribution in [0.4, 0.5) is 4.39 Å². The van der Waals surface area contributed by atoms with Crippen LogP contribution >= 0.6 is 0 Å². The molecular weight excluding hydrogens is 241 g/mol. The molecule has 0 saturated carbocycles. The van der Waals surface area contributed by atoms with Crippen molar-refractivity contribution in [1.29, 1.82) is 0 Å². The molecule has 2 aromatic carbocycles. The Morgan fingerprint density at radius 1 is 1.05 bits per heavy atom. The molecule has 0 aliphatic carbocycles. The molecule has 0 radical (unpaired) electrons. The van der Waals surface area contributed by atoms with Gasteiger partial charge in [0.2, 0.25) is 0 Å². The Kier molecular flexibility index (Phi) is 3.47. The molecule has 3 rings (SSSR count). The van der Waals surface area contributed by atoms with E-state index in [4.69, 9.17) is 4.74 Å². The second kappa shape index (κ2) is 5.41. The second-order valence-electron chi connectivity index (χ2n) is 4.77. The van der Waals surface area contributed by atoms with Gasteiger partial charge in [-0.05, 0) is 53.9 Å². The summed E-state index contributed by atoms with van der Waals surface area (Å²) in [5, 5.41) is 3.37. The first kappa shape index (κ1) is 12.2. The van der Waals surface area contributed by atoms with Crippen LogP contribution in [-0.4, -0.2) is 6.54 Å². The summed E-state index contributed by atoms with van der Waals surface area (Å²) < 4.78 is 18.4. The molecule has 2 aromatic rings. The Balaban J connectivity index is 1.68. The smallest absolute Gasteiger partial charge is 0.123 e. The summed E-state index contributed by atoms with van der Waals surface area (Å²) in [6.45, 7) is 2.50. The summed E-state index contributed by atoms with van der Waals surface area (Å²) >= 11 is 0. The van der Waals surface area contributed by atoms with E-state index in [9.17, 15) is 4.39 Å². The van der Waals surface area contributed by atoms with Gasteiger partial charge < -0.3 is 10.1 Å². The third-order valence-corrected chi connectivity index (χ3v) is 3.38. The van der Waals surface area contributed by atoms with Crippen LogP contribution in [0.15, 0.2) is 42.5 Å². The summed E-state index contributed by atoms with van der Waals surface area (Å²) in [5.74, 6) is 0.449. The fraction of sp³-hybridized carbons (Fsp3) is 0.250. The largest absolute Gasteiger partial charge is 0.489 e. The number of halogens is 1. The molecule has 1 aliphatic rings. The van der Waals surface area contributed by atoms with Gasteiger partial charge in [-0.1, -0.05) is 18.2 Å². The average Bonchev–Trinajstić information content (AvgIpc) is 2.46. The van der Waals surface area contributed by atoms with Crippen LogP contribution < -0.4 is 10.1 Å². The lowest BCUT2D eigenvalue weighted by atomic mass is 9.99. The third kappa shape index (κ3) is 2.93. The SMILES string of the molecule is Fc1ccc(OCc2ccc3c(c2)CNCC3)cc1. The van der Waals surface area contributed by atoms with Crippen molar-refractivity contribution in [3.8, 4) is 5.75 Å². The molecule has 2 nitrogen and oxygen atoms in total. The zero-order valence-corrected chi connectivity index (χ0v) is 10.7. The summed E-state index contributed by atoms with van der Waals surface area (Å²) in [6, 6.07) is 12.6. The van der Waals surface area contributed by atoms with E-state index in [1.165, 1.54) is 23.3 Å². The number of nitrogens with one attached hydrogen (secondary N) is 1. The van der Waals surface area contributed by atoms with Gasteiger partial charge in [-0.3, -0.25) is 0 Å². The van der Waals surface area contributed by atoms with Crippen LogP contribution in [0.25, 0.3) is 0 Å². The topological polar surface area (TPSA) is 21.3 Å². The molecule has 1 N–H and O–H groups in total. The van der Waals surface area contributed by atoms with E-state index in [1.54, 1.807) is 12.1 Å². The minimum absolute atomic E-state index is 0.243. The van der Waals surface area contributed by atoms with Crippen molar-refractivity contribution in [2.45, 2.75) is 19.6 Å². The molecule has 0 atom stereocenters. The Hall–Kier alpha value is -1.87. The molecule has 0 fully saturated rings. The minimum Gasteiger partial charge on any atom is -0.489 e. The van der Waals surface area contributed by atoms with E-state index >= 15 is 0 Å². The molecule has 0 bridgehead atoms. The van der Waals surface area contributed by atoms with E-state index in [-0.39, 0.29) is 5.82 Å². The molecule has 98 valence electrons. The lowest BCUT2D eigenvalue weighted by Crippen LogP contribution is -2.23. The van der Waals surface area contributed by atoms with Crippen LogP contribution in [0.5, 0.6) is 5.75 Å². The summed E-state index contributed by atoms with van der Waals surface area (Å²) in [7, 11) is 0. The highest BCUT2D eigenvalue weighted by atomic mass is 19.1. The number of benzene rings is 2. The van der Waals surface area contributed by atoms with Crippen molar-refractivity contribution >= 4 is 0 Å². The van der Waals surface area contributed by atoms with Crippen LogP contribution in [-0.2, 0) is 19.6 Å². The molecular formula is C16H16FNO. The molecule has 19 heavy (non-hydrogen) atoms. The average molecular weight is 257 g/mol. The molecule has 1 aliphatic heterocycles. The zero-order chi connectivity index (χ0) is 13.1. The van der Waals surface area contributed by atoms with Crippen molar-refractivity contribution in [1.82, 2.24) is 5.32 Å². The van der Waals surface area contributed by atoms with E-state index in [0.29, 0.717) is 12.4 Å². The molecule has 0 saturated heterocycles. The van der Waals surface area contributed by atoms with E-state index < -0.39 is 0 Å². The number of hydrogen-bond donors (Lipinski definition) is 1. The quantitative estimate of drug-likeness (QED) is 0.912. The highest BCUT2D eigenvalue weighted by molar-refractivity contribution is 5.34. The normalized spacial score (nSPS) is 13.9. The van der Waals surface area contributed by atoms with Gasteiger partial charge in [0.25, 0.3) is 0 Å². The number of rotatable bonds is 3. The third-order valence-electron chi connectivity index (χ3n) is 3.38. The standard InChI is InChI=1S/C16H16FNO/c17-15-3-5-16(6-4-15)19-11-12-1-2-13-7-8-18-10-14(13)9-12/h1-6,9,18H,7-8,10-11H2. The fourth-order valence-electron chi connectivity index (χ4n) is 2.32. The lowest BCUT2D eigenvalue weighted by molar-refractivity contribution is 0.305. The number of hydrogen-bond acceptors (Lipinski definition) is 2.